The zero-order valence-electron chi connectivity index (χ0n) is 18.6. The molecule has 1 aliphatic heterocycles. The number of hydrogen-bond acceptors (Lipinski definition) is 4. The van der Waals surface area contributed by atoms with E-state index in [1.165, 1.54) is 4.31 Å². The average molecular weight is 561 g/mol. The molecule has 2 unspecified atom stereocenters. The molecule has 0 spiro atoms. The second-order valence-electron chi connectivity index (χ2n) is 7.85. The molecular weight excluding hydrogens is 527 g/mol. The summed E-state index contributed by atoms with van der Waals surface area (Å²) >= 11 is 0. The Morgan fingerprint density at radius 1 is 1.32 bits per heavy atom. The SMILES string of the molecule is CCNC(=NCc1ccccc1S(=O)(=O)N(C)C)N1CCC(C)C(n2ccnc2)C1.I. The van der Waals surface area contributed by atoms with Gasteiger partial charge in [0.05, 0.1) is 23.8 Å². The van der Waals surface area contributed by atoms with E-state index in [9.17, 15) is 8.42 Å². The monoisotopic (exact) mass is 560 g/mol. The van der Waals surface area contributed by atoms with E-state index >= 15 is 0 Å². The molecule has 172 valence electrons. The molecule has 10 heteroatoms. The highest BCUT2D eigenvalue weighted by Crippen LogP contribution is 2.27. The fourth-order valence-corrected chi connectivity index (χ4v) is 4.87. The zero-order chi connectivity index (χ0) is 21.7. The van der Waals surface area contributed by atoms with E-state index in [0.717, 1.165) is 32.0 Å². The maximum absolute atomic E-state index is 12.7. The number of halogens is 1. The van der Waals surface area contributed by atoms with Gasteiger partial charge in [0.15, 0.2) is 5.96 Å². The number of rotatable bonds is 6. The van der Waals surface area contributed by atoms with Crippen molar-refractivity contribution in [2.24, 2.45) is 10.9 Å². The second kappa shape index (κ2) is 11.3. The molecule has 0 aliphatic carbocycles. The highest BCUT2D eigenvalue weighted by molar-refractivity contribution is 14.0. The molecule has 1 aromatic carbocycles. The first kappa shape index (κ1) is 25.6. The largest absolute Gasteiger partial charge is 0.357 e. The number of hydrogen-bond donors (Lipinski definition) is 1. The van der Waals surface area contributed by atoms with Crippen LogP contribution in [0.5, 0.6) is 0 Å². The topological polar surface area (TPSA) is 82.8 Å². The third kappa shape index (κ3) is 5.98. The van der Waals surface area contributed by atoms with Gasteiger partial charge in [0, 0.05) is 46.1 Å². The normalized spacial score (nSPS) is 19.9. The number of nitrogens with one attached hydrogen (secondary N) is 1. The molecule has 1 aliphatic rings. The van der Waals surface area contributed by atoms with Crippen molar-refractivity contribution < 1.29 is 8.42 Å². The van der Waals surface area contributed by atoms with E-state index in [1.807, 2.05) is 37.8 Å². The van der Waals surface area contributed by atoms with Crippen molar-refractivity contribution in [1.29, 1.82) is 0 Å². The summed E-state index contributed by atoms with van der Waals surface area (Å²) in [6, 6.07) is 7.40. The first-order valence-corrected chi connectivity index (χ1v) is 11.8. The molecule has 0 amide bonds. The summed E-state index contributed by atoms with van der Waals surface area (Å²) in [5.41, 5.74) is 0.693. The number of guanidine groups is 1. The smallest absolute Gasteiger partial charge is 0.242 e. The first-order valence-electron chi connectivity index (χ1n) is 10.4. The Morgan fingerprint density at radius 2 is 2.06 bits per heavy atom. The van der Waals surface area contributed by atoms with Crippen LogP contribution in [-0.4, -0.2) is 66.9 Å². The lowest BCUT2D eigenvalue weighted by atomic mass is 9.93. The number of sulfonamides is 1. The molecule has 2 aromatic rings. The number of benzene rings is 1. The van der Waals surface area contributed by atoms with Crippen molar-refractivity contribution in [3.05, 3.63) is 48.5 Å². The van der Waals surface area contributed by atoms with Crippen molar-refractivity contribution in [3.8, 4) is 0 Å². The lowest BCUT2D eigenvalue weighted by Crippen LogP contribution is -2.49. The molecule has 3 rings (SSSR count). The fraction of sp³-hybridized carbons (Fsp3) is 0.524. The second-order valence-corrected chi connectivity index (χ2v) is 9.97. The Bertz CT molecular complexity index is 962. The Labute approximate surface area is 202 Å². The summed E-state index contributed by atoms with van der Waals surface area (Å²) < 4.78 is 28.8. The molecule has 2 atom stereocenters. The average Bonchev–Trinajstić information content (AvgIpc) is 3.26. The van der Waals surface area contributed by atoms with Gasteiger partial charge in [0.25, 0.3) is 0 Å². The molecular formula is C21H33IN6O2S. The highest BCUT2D eigenvalue weighted by Gasteiger charge is 2.29. The minimum atomic E-state index is -3.52. The Balaban J connectivity index is 0.00000341. The number of aromatic nitrogens is 2. The van der Waals surface area contributed by atoms with E-state index in [0.29, 0.717) is 29.0 Å². The summed E-state index contributed by atoms with van der Waals surface area (Å²) in [4.78, 5) is 11.6. The maximum Gasteiger partial charge on any atom is 0.242 e. The van der Waals surface area contributed by atoms with Crippen molar-refractivity contribution in [3.63, 3.8) is 0 Å². The van der Waals surface area contributed by atoms with Crippen LogP contribution in [0.1, 0.15) is 31.9 Å². The van der Waals surface area contributed by atoms with Crippen LogP contribution in [0.4, 0.5) is 0 Å². The molecule has 1 N–H and O–H groups in total. The third-order valence-electron chi connectivity index (χ3n) is 5.59. The molecule has 31 heavy (non-hydrogen) atoms. The van der Waals surface area contributed by atoms with Crippen LogP contribution in [0.25, 0.3) is 0 Å². The van der Waals surface area contributed by atoms with Crippen molar-refractivity contribution in [1.82, 2.24) is 24.1 Å². The van der Waals surface area contributed by atoms with Gasteiger partial charge in [-0.25, -0.2) is 22.7 Å². The quantitative estimate of drug-likeness (QED) is 0.334. The Kier molecular flexibility index (Phi) is 9.31. The van der Waals surface area contributed by atoms with Crippen LogP contribution in [0.3, 0.4) is 0 Å². The molecule has 0 radical (unpaired) electrons. The number of aliphatic imine (C=N–C) groups is 1. The van der Waals surface area contributed by atoms with Gasteiger partial charge in [-0.05, 0) is 30.9 Å². The van der Waals surface area contributed by atoms with Gasteiger partial charge in [-0.3, -0.25) is 0 Å². The van der Waals surface area contributed by atoms with E-state index in [2.05, 4.69) is 26.7 Å². The molecule has 2 heterocycles. The van der Waals surface area contributed by atoms with Crippen LogP contribution < -0.4 is 5.32 Å². The molecule has 1 aromatic heterocycles. The summed E-state index contributed by atoms with van der Waals surface area (Å²) in [6.07, 6.45) is 6.75. The number of likely N-dealkylation sites (tertiary alicyclic amines) is 1. The highest BCUT2D eigenvalue weighted by atomic mass is 127. The lowest BCUT2D eigenvalue weighted by Gasteiger charge is -2.39. The molecule has 8 nitrogen and oxygen atoms in total. The van der Waals surface area contributed by atoms with Gasteiger partial charge in [0.1, 0.15) is 0 Å². The van der Waals surface area contributed by atoms with E-state index in [-0.39, 0.29) is 24.0 Å². The first-order chi connectivity index (χ1) is 14.3. The molecule has 1 saturated heterocycles. The van der Waals surface area contributed by atoms with E-state index < -0.39 is 10.0 Å². The van der Waals surface area contributed by atoms with Gasteiger partial charge in [0.2, 0.25) is 10.0 Å². The van der Waals surface area contributed by atoms with Gasteiger partial charge in [-0.15, -0.1) is 24.0 Å². The van der Waals surface area contributed by atoms with Gasteiger partial charge in [-0.2, -0.15) is 0 Å². The van der Waals surface area contributed by atoms with Crippen LogP contribution in [0, 0.1) is 5.92 Å². The number of imidazole rings is 1. The Hall–Kier alpha value is -1.66. The van der Waals surface area contributed by atoms with Crippen molar-refractivity contribution in [2.75, 3.05) is 33.7 Å². The molecule has 0 bridgehead atoms. The van der Waals surface area contributed by atoms with E-state index in [1.54, 1.807) is 26.2 Å². The summed E-state index contributed by atoms with van der Waals surface area (Å²) in [6.45, 7) is 7.11. The maximum atomic E-state index is 12.7. The minimum absolute atomic E-state index is 0. The minimum Gasteiger partial charge on any atom is -0.357 e. The predicted octanol–water partition coefficient (Wildman–Crippen LogP) is 2.80. The Morgan fingerprint density at radius 3 is 2.71 bits per heavy atom. The van der Waals surface area contributed by atoms with Crippen molar-refractivity contribution in [2.45, 2.75) is 37.8 Å². The summed E-state index contributed by atoms with van der Waals surface area (Å²) in [7, 11) is -0.426. The van der Waals surface area contributed by atoms with Crippen molar-refractivity contribution >= 4 is 40.0 Å². The van der Waals surface area contributed by atoms with Gasteiger partial charge < -0.3 is 14.8 Å². The predicted molar refractivity (Wildman–Crippen MR) is 134 cm³/mol. The third-order valence-corrected chi connectivity index (χ3v) is 7.51. The van der Waals surface area contributed by atoms with Crippen LogP contribution in [0.15, 0.2) is 52.9 Å². The van der Waals surface area contributed by atoms with Crippen LogP contribution >= 0.6 is 24.0 Å². The summed E-state index contributed by atoms with van der Waals surface area (Å²) in [5, 5.41) is 3.38. The van der Waals surface area contributed by atoms with Crippen LogP contribution in [0.2, 0.25) is 0 Å². The molecule has 1 fully saturated rings. The fourth-order valence-electron chi connectivity index (χ4n) is 3.76. The number of piperidine rings is 1. The van der Waals surface area contributed by atoms with Crippen LogP contribution in [-0.2, 0) is 16.6 Å². The summed E-state index contributed by atoms with van der Waals surface area (Å²) in [5.74, 6) is 1.36. The number of nitrogens with zero attached hydrogens (tertiary/aromatic N) is 5. The van der Waals surface area contributed by atoms with Gasteiger partial charge in [-0.1, -0.05) is 25.1 Å². The molecule has 0 saturated carbocycles. The van der Waals surface area contributed by atoms with Gasteiger partial charge >= 0.3 is 0 Å². The van der Waals surface area contributed by atoms with E-state index in [4.69, 9.17) is 4.99 Å². The lowest BCUT2D eigenvalue weighted by molar-refractivity contribution is 0.189. The zero-order valence-corrected chi connectivity index (χ0v) is 21.7. The standard InChI is InChI=1S/C21H32N6O2S.HI/c1-5-23-21(26-12-10-17(2)19(15-26)27-13-11-22-16-27)24-14-18-8-6-7-9-20(18)30(28,29)25(3)4;/h6-9,11,13,16-17,19H,5,10,12,14-15H2,1-4H3,(H,23,24);1H.